The molecule has 2 aromatic rings. The van der Waals surface area contributed by atoms with Crippen LogP contribution < -0.4 is 20.1 Å². The van der Waals surface area contributed by atoms with Crippen molar-refractivity contribution >= 4 is 11.7 Å². The molecule has 1 aromatic heterocycles. The van der Waals surface area contributed by atoms with E-state index in [2.05, 4.69) is 15.6 Å². The second kappa shape index (κ2) is 9.48. The molecule has 0 radical (unpaired) electrons. The van der Waals surface area contributed by atoms with Crippen molar-refractivity contribution in [2.24, 2.45) is 0 Å². The molecular weight excluding hydrogens is 322 g/mol. The van der Waals surface area contributed by atoms with E-state index in [1.54, 1.807) is 38.7 Å². The van der Waals surface area contributed by atoms with Gasteiger partial charge in [0.15, 0.2) is 11.5 Å². The lowest BCUT2D eigenvalue weighted by Gasteiger charge is -2.17. The van der Waals surface area contributed by atoms with E-state index in [9.17, 15) is 4.79 Å². The number of hydrogen-bond acceptors (Lipinski definition) is 5. The first-order valence-corrected chi connectivity index (χ1v) is 7.91. The number of carbonyl (C=O) groups excluding carboxylic acids is 1. The summed E-state index contributed by atoms with van der Waals surface area (Å²) in [5, 5.41) is 5.61. The van der Waals surface area contributed by atoms with Crippen molar-refractivity contribution in [1.29, 1.82) is 0 Å². The molecular formula is C18H23N3O4. The third-order valence-corrected chi connectivity index (χ3v) is 3.50. The number of nitrogens with zero attached hydrogens (tertiary/aromatic N) is 1. The molecule has 2 N–H and O–H groups in total. The molecule has 25 heavy (non-hydrogen) atoms. The minimum atomic E-state index is -0.306. The number of carbonyl (C=O) groups is 1. The average molecular weight is 345 g/mol. The van der Waals surface area contributed by atoms with Crippen molar-refractivity contribution in [3.8, 4) is 11.5 Å². The van der Waals surface area contributed by atoms with E-state index in [-0.39, 0.29) is 12.1 Å². The lowest BCUT2D eigenvalue weighted by Crippen LogP contribution is -2.31. The first-order valence-electron chi connectivity index (χ1n) is 7.91. The molecule has 1 heterocycles. The number of ether oxygens (including phenoxy) is 3. The van der Waals surface area contributed by atoms with Gasteiger partial charge in [-0.1, -0.05) is 6.07 Å². The van der Waals surface area contributed by atoms with E-state index >= 15 is 0 Å². The van der Waals surface area contributed by atoms with Gasteiger partial charge in [0.25, 0.3) is 0 Å². The SMILES string of the molecule is COCCOc1ccc([C@@H](C)NC(=O)Nc2cccnc2)cc1OC. The molecule has 0 saturated carbocycles. The zero-order valence-corrected chi connectivity index (χ0v) is 14.6. The largest absolute Gasteiger partial charge is 0.493 e. The number of nitrogens with one attached hydrogen (secondary N) is 2. The molecule has 7 nitrogen and oxygen atoms in total. The van der Waals surface area contributed by atoms with E-state index in [0.29, 0.717) is 30.4 Å². The van der Waals surface area contributed by atoms with E-state index < -0.39 is 0 Å². The molecule has 1 aromatic carbocycles. The standard InChI is InChI=1S/C18H23N3O4/c1-13(20-18(22)21-15-5-4-8-19-12-15)14-6-7-16(17(11-14)24-3)25-10-9-23-2/h4-8,11-13H,9-10H2,1-3H3,(H2,20,21,22)/t13-/m1/s1. The summed E-state index contributed by atoms with van der Waals surface area (Å²) in [6.07, 6.45) is 3.23. The molecule has 0 fully saturated rings. The Morgan fingerprint density at radius 2 is 2.04 bits per heavy atom. The minimum Gasteiger partial charge on any atom is -0.493 e. The molecule has 7 heteroatoms. The van der Waals surface area contributed by atoms with E-state index in [1.165, 1.54) is 0 Å². The van der Waals surface area contributed by atoms with Gasteiger partial charge in [0.2, 0.25) is 0 Å². The van der Waals surface area contributed by atoms with Gasteiger partial charge >= 0.3 is 6.03 Å². The van der Waals surface area contributed by atoms with Crippen LogP contribution in [0.4, 0.5) is 10.5 Å². The Hall–Kier alpha value is -2.80. The van der Waals surface area contributed by atoms with Gasteiger partial charge in [-0.2, -0.15) is 0 Å². The molecule has 2 amide bonds. The fourth-order valence-electron chi connectivity index (χ4n) is 2.19. The Balaban J connectivity index is 1.98. The normalized spacial score (nSPS) is 11.5. The molecule has 0 spiro atoms. The number of hydrogen-bond donors (Lipinski definition) is 2. The molecule has 0 aliphatic rings. The summed E-state index contributed by atoms with van der Waals surface area (Å²) in [6.45, 7) is 2.83. The lowest BCUT2D eigenvalue weighted by molar-refractivity contribution is 0.144. The van der Waals surface area contributed by atoms with Crippen LogP contribution in [0.15, 0.2) is 42.7 Å². The number of pyridine rings is 1. The van der Waals surface area contributed by atoms with Gasteiger partial charge in [-0.25, -0.2) is 4.79 Å². The molecule has 0 saturated heterocycles. The van der Waals surface area contributed by atoms with Crippen LogP contribution in [0.1, 0.15) is 18.5 Å². The maximum Gasteiger partial charge on any atom is 0.319 e. The highest BCUT2D eigenvalue weighted by Crippen LogP contribution is 2.30. The number of anilines is 1. The highest BCUT2D eigenvalue weighted by atomic mass is 16.5. The second-order valence-electron chi connectivity index (χ2n) is 5.31. The average Bonchev–Trinajstić information content (AvgIpc) is 2.62. The summed E-state index contributed by atoms with van der Waals surface area (Å²) >= 11 is 0. The van der Waals surface area contributed by atoms with Crippen LogP contribution in [0, 0.1) is 0 Å². The first-order chi connectivity index (χ1) is 12.1. The van der Waals surface area contributed by atoms with Crippen LogP contribution in [-0.2, 0) is 4.74 Å². The monoisotopic (exact) mass is 345 g/mol. The number of aromatic nitrogens is 1. The zero-order valence-electron chi connectivity index (χ0n) is 14.6. The molecule has 2 rings (SSSR count). The number of urea groups is 1. The highest BCUT2D eigenvalue weighted by Gasteiger charge is 2.13. The first kappa shape index (κ1) is 18.5. The van der Waals surface area contributed by atoms with Gasteiger partial charge in [-0.05, 0) is 36.8 Å². The number of amides is 2. The summed E-state index contributed by atoms with van der Waals surface area (Å²) in [5.41, 5.74) is 1.53. The second-order valence-corrected chi connectivity index (χ2v) is 5.31. The minimum absolute atomic E-state index is 0.210. The van der Waals surface area contributed by atoms with Gasteiger partial charge < -0.3 is 24.8 Å². The zero-order chi connectivity index (χ0) is 18.1. The van der Waals surface area contributed by atoms with Crippen molar-refractivity contribution in [3.63, 3.8) is 0 Å². The third kappa shape index (κ3) is 5.65. The number of benzene rings is 1. The predicted octanol–water partition coefficient (Wildman–Crippen LogP) is 3.00. The quantitative estimate of drug-likeness (QED) is 0.719. The summed E-state index contributed by atoms with van der Waals surface area (Å²) in [6, 6.07) is 8.56. The van der Waals surface area contributed by atoms with Crippen LogP contribution in [0.3, 0.4) is 0 Å². The maximum absolute atomic E-state index is 12.1. The van der Waals surface area contributed by atoms with Gasteiger partial charge in [0.05, 0.1) is 31.6 Å². The van der Waals surface area contributed by atoms with Crippen molar-refractivity contribution in [2.45, 2.75) is 13.0 Å². The smallest absolute Gasteiger partial charge is 0.319 e. The number of rotatable bonds is 8. The summed E-state index contributed by atoms with van der Waals surface area (Å²) < 4.78 is 15.9. The molecule has 134 valence electrons. The van der Waals surface area contributed by atoms with Gasteiger partial charge in [0, 0.05) is 13.3 Å². The van der Waals surface area contributed by atoms with Crippen LogP contribution in [-0.4, -0.2) is 38.4 Å². The Morgan fingerprint density at radius 3 is 2.72 bits per heavy atom. The maximum atomic E-state index is 12.1. The highest BCUT2D eigenvalue weighted by molar-refractivity contribution is 5.89. The van der Waals surface area contributed by atoms with Crippen molar-refractivity contribution in [1.82, 2.24) is 10.3 Å². The molecule has 0 unspecified atom stereocenters. The molecule has 0 aliphatic heterocycles. The van der Waals surface area contributed by atoms with E-state index in [4.69, 9.17) is 14.2 Å². The summed E-state index contributed by atoms with van der Waals surface area (Å²) in [4.78, 5) is 16.0. The fraction of sp³-hybridized carbons (Fsp3) is 0.333. The lowest BCUT2D eigenvalue weighted by atomic mass is 10.1. The van der Waals surface area contributed by atoms with Gasteiger partial charge in [0.1, 0.15) is 6.61 Å². The Bertz CT molecular complexity index is 679. The van der Waals surface area contributed by atoms with E-state index in [0.717, 1.165) is 5.56 Å². The molecule has 1 atom stereocenters. The molecule has 0 aliphatic carbocycles. The Morgan fingerprint density at radius 1 is 1.20 bits per heavy atom. The van der Waals surface area contributed by atoms with Crippen molar-refractivity contribution in [2.75, 3.05) is 32.8 Å². The summed E-state index contributed by atoms with van der Waals surface area (Å²) in [7, 11) is 3.20. The van der Waals surface area contributed by atoms with Crippen LogP contribution >= 0.6 is 0 Å². The Labute approximate surface area is 147 Å². The van der Waals surface area contributed by atoms with E-state index in [1.807, 2.05) is 25.1 Å². The van der Waals surface area contributed by atoms with Crippen molar-refractivity contribution in [3.05, 3.63) is 48.3 Å². The predicted molar refractivity (Wildman–Crippen MR) is 95.2 cm³/mol. The summed E-state index contributed by atoms with van der Waals surface area (Å²) in [5.74, 6) is 1.24. The third-order valence-electron chi connectivity index (χ3n) is 3.50. The molecule has 0 bridgehead atoms. The topological polar surface area (TPSA) is 81.7 Å². The van der Waals surface area contributed by atoms with Crippen LogP contribution in [0.25, 0.3) is 0 Å². The fourth-order valence-corrected chi connectivity index (χ4v) is 2.19. The van der Waals surface area contributed by atoms with Crippen LogP contribution in [0.5, 0.6) is 11.5 Å². The van der Waals surface area contributed by atoms with Crippen LogP contribution in [0.2, 0.25) is 0 Å². The van der Waals surface area contributed by atoms with Crippen molar-refractivity contribution < 1.29 is 19.0 Å². The van der Waals surface area contributed by atoms with Gasteiger partial charge in [-0.3, -0.25) is 4.98 Å². The Kier molecular flexibility index (Phi) is 7.03. The number of methoxy groups -OCH3 is 2. The van der Waals surface area contributed by atoms with Gasteiger partial charge in [-0.15, -0.1) is 0 Å².